The molecule has 2 N–H and O–H groups in total. The van der Waals surface area contributed by atoms with Gasteiger partial charge < -0.3 is 20.3 Å². The average Bonchev–Trinajstić information content (AvgIpc) is 3.18. The maximum Gasteiger partial charge on any atom is 0.191 e. The van der Waals surface area contributed by atoms with E-state index in [2.05, 4.69) is 51.7 Å². The van der Waals surface area contributed by atoms with E-state index in [0.29, 0.717) is 5.41 Å². The first-order chi connectivity index (χ1) is 12.8. The SMILES string of the molecule is CCC1(CNC(=NC)NCc2ccccc2N2CCOCC2)CCCC1.I. The third-order valence-electron chi connectivity index (χ3n) is 6.06. The molecule has 0 atom stereocenters. The number of halogens is 1. The van der Waals surface area contributed by atoms with Crippen molar-refractivity contribution in [2.75, 3.05) is 44.8 Å². The number of nitrogens with zero attached hydrogens (tertiary/aromatic N) is 2. The van der Waals surface area contributed by atoms with Crippen molar-refractivity contribution in [3.63, 3.8) is 0 Å². The summed E-state index contributed by atoms with van der Waals surface area (Å²) in [5.41, 5.74) is 3.08. The van der Waals surface area contributed by atoms with Gasteiger partial charge in [0, 0.05) is 38.9 Å². The molecule has 1 saturated carbocycles. The van der Waals surface area contributed by atoms with E-state index in [-0.39, 0.29) is 24.0 Å². The number of hydrogen-bond donors (Lipinski definition) is 2. The molecule has 2 aliphatic rings. The minimum Gasteiger partial charge on any atom is -0.378 e. The van der Waals surface area contributed by atoms with Crippen LogP contribution in [0, 0.1) is 5.41 Å². The van der Waals surface area contributed by atoms with Gasteiger partial charge >= 0.3 is 0 Å². The summed E-state index contributed by atoms with van der Waals surface area (Å²) < 4.78 is 5.49. The van der Waals surface area contributed by atoms with Crippen LogP contribution in [0.2, 0.25) is 0 Å². The third-order valence-corrected chi connectivity index (χ3v) is 6.06. The predicted molar refractivity (Wildman–Crippen MR) is 124 cm³/mol. The molecular weight excluding hydrogens is 451 g/mol. The Hall–Kier alpha value is -1.02. The fourth-order valence-electron chi connectivity index (χ4n) is 4.22. The molecular formula is C21H35IN4O. The average molecular weight is 486 g/mol. The second-order valence-electron chi connectivity index (χ2n) is 7.57. The van der Waals surface area contributed by atoms with Crippen molar-refractivity contribution in [3.8, 4) is 0 Å². The predicted octanol–water partition coefficient (Wildman–Crippen LogP) is 3.78. The Bertz CT molecular complexity index is 596. The van der Waals surface area contributed by atoms with Crippen molar-refractivity contribution >= 4 is 35.6 Å². The molecule has 0 aromatic heterocycles. The molecule has 0 spiro atoms. The standard InChI is InChI=1S/C21H34N4O.HI/c1-3-21(10-6-7-11-21)17-24-20(22-2)23-16-18-8-4-5-9-19(18)25-12-14-26-15-13-25;/h4-5,8-9H,3,6-7,10-17H2,1-2H3,(H2,22,23,24);1H. The van der Waals surface area contributed by atoms with Gasteiger partial charge in [0.25, 0.3) is 0 Å². The van der Waals surface area contributed by atoms with Gasteiger partial charge in [-0.15, -0.1) is 24.0 Å². The molecule has 2 fully saturated rings. The lowest BCUT2D eigenvalue weighted by molar-refractivity contribution is 0.122. The van der Waals surface area contributed by atoms with Crippen molar-refractivity contribution < 1.29 is 4.74 Å². The molecule has 6 heteroatoms. The number of ether oxygens (including phenoxy) is 1. The molecule has 0 radical (unpaired) electrons. The maximum absolute atomic E-state index is 5.49. The molecule has 1 aromatic carbocycles. The van der Waals surface area contributed by atoms with Crippen LogP contribution in [-0.2, 0) is 11.3 Å². The van der Waals surface area contributed by atoms with E-state index >= 15 is 0 Å². The van der Waals surface area contributed by atoms with E-state index in [1.165, 1.54) is 43.4 Å². The fraction of sp³-hybridized carbons (Fsp3) is 0.667. The Morgan fingerprint density at radius 3 is 2.52 bits per heavy atom. The van der Waals surface area contributed by atoms with Crippen LogP contribution in [0.15, 0.2) is 29.3 Å². The lowest BCUT2D eigenvalue weighted by Crippen LogP contribution is -2.43. The summed E-state index contributed by atoms with van der Waals surface area (Å²) in [6.45, 7) is 7.67. The topological polar surface area (TPSA) is 48.9 Å². The molecule has 1 saturated heterocycles. The normalized spacial score (nSPS) is 19.5. The van der Waals surface area contributed by atoms with E-state index in [0.717, 1.165) is 45.4 Å². The van der Waals surface area contributed by atoms with Crippen LogP contribution >= 0.6 is 24.0 Å². The summed E-state index contributed by atoms with van der Waals surface area (Å²) in [6.07, 6.45) is 6.67. The summed E-state index contributed by atoms with van der Waals surface area (Å²) >= 11 is 0. The van der Waals surface area contributed by atoms with E-state index in [9.17, 15) is 0 Å². The quantitative estimate of drug-likeness (QED) is 0.365. The van der Waals surface area contributed by atoms with Gasteiger partial charge in [0.1, 0.15) is 0 Å². The first-order valence-electron chi connectivity index (χ1n) is 10.1. The van der Waals surface area contributed by atoms with Gasteiger partial charge in [-0.05, 0) is 36.3 Å². The van der Waals surface area contributed by atoms with Crippen LogP contribution in [0.4, 0.5) is 5.69 Å². The number of nitrogens with one attached hydrogen (secondary N) is 2. The van der Waals surface area contributed by atoms with Crippen LogP contribution in [-0.4, -0.2) is 45.9 Å². The highest BCUT2D eigenvalue weighted by Crippen LogP contribution is 2.40. The number of para-hydroxylation sites is 1. The highest BCUT2D eigenvalue weighted by molar-refractivity contribution is 14.0. The molecule has 0 bridgehead atoms. The Kier molecular flexibility index (Phi) is 9.15. The minimum absolute atomic E-state index is 0. The van der Waals surface area contributed by atoms with E-state index < -0.39 is 0 Å². The van der Waals surface area contributed by atoms with Crippen molar-refractivity contribution in [1.29, 1.82) is 0 Å². The summed E-state index contributed by atoms with van der Waals surface area (Å²) in [5, 5.41) is 7.09. The first-order valence-corrected chi connectivity index (χ1v) is 10.1. The first kappa shape index (κ1) is 22.3. The third kappa shape index (κ3) is 5.98. The number of morpholine rings is 1. The molecule has 0 amide bonds. The fourth-order valence-corrected chi connectivity index (χ4v) is 4.22. The van der Waals surface area contributed by atoms with Gasteiger partial charge in [0.15, 0.2) is 5.96 Å². The van der Waals surface area contributed by atoms with Crippen LogP contribution in [0.3, 0.4) is 0 Å². The maximum atomic E-state index is 5.49. The highest BCUT2D eigenvalue weighted by Gasteiger charge is 2.31. The summed E-state index contributed by atoms with van der Waals surface area (Å²) in [5.74, 6) is 0.904. The number of hydrogen-bond acceptors (Lipinski definition) is 3. The van der Waals surface area contributed by atoms with Crippen molar-refractivity contribution in [2.24, 2.45) is 10.4 Å². The van der Waals surface area contributed by atoms with Gasteiger partial charge in [-0.25, -0.2) is 0 Å². The Morgan fingerprint density at radius 1 is 1.15 bits per heavy atom. The molecule has 3 rings (SSSR count). The Labute approximate surface area is 181 Å². The minimum atomic E-state index is 0. The zero-order chi connectivity index (χ0) is 18.2. The Balaban J connectivity index is 0.00000261. The number of benzene rings is 1. The van der Waals surface area contributed by atoms with Crippen molar-refractivity contribution in [3.05, 3.63) is 29.8 Å². The van der Waals surface area contributed by atoms with Gasteiger partial charge in [-0.2, -0.15) is 0 Å². The number of anilines is 1. The van der Waals surface area contributed by atoms with Crippen LogP contribution in [0.1, 0.15) is 44.6 Å². The van der Waals surface area contributed by atoms with E-state index in [4.69, 9.17) is 4.74 Å². The van der Waals surface area contributed by atoms with Gasteiger partial charge in [0.05, 0.1) is 13.2 Å². The Morgan fingerprint density at radius 2 is 1.85 bits per heavy atom. The molecule has 1 aromatic rings. The largest absolute Gasteiger partial charge is 0.378 e. The molecule has 27 heavy (non-hydrogen) atoms. The molecule has 152 valence electrons. The molecule has 1 heterocycles. The second-order valence-corrected chi connectivity index (χ2v) is 7.57. The van der Waals surface area contributed by atoms with Crippen molar-refractivity contribution in [2.45, 2.75) is 45.6 Å². The second kappa shape index (κ2) is 11.1. The van der Waals surface area contributed by atoms with Gasteiger partial charge in [0.2, 0.25) is 0 Å². The van der Waals surface area contributed by atoms with Crippen molar-refractivity contribution in [1.82, 2.24) is 10.6 Å². The molecule has 1 aliphatic heterocycles. The molecule has 0 unspecified atom stereocenters. The molecule has 1 aliphatic carbocycles. The van der Waals surface area contributed by atoms with E-state index in [1.807, 2.05) is 7.05 Å². The van der Waals surface area contributed by atoms with Gasteiger partial charge in [-0.1, -0.05) is 38.0 Å². The summed E-state index contributed by atoms with van der Waals surface area (Å²) in [4.78, 5) is 6.85. The summed E-state index contributed by atoms with van der Waals surface area (Å²) in [7, 11) is 1.86. The lowest BCUT2D eigenvalue weighted by Gasteiger charge is -2.31. The van der Waals surface area contributed by atoms with Crippen LogP contribution < -0.4 is 15.5 Å². The number of rotatable bonds is 6. The zero-order valence-corrected chi connectivity index (χ0v) is 19.1. The monoisotopic (exact) mass is 486 g/mol. The zero-order valence-electron chi connectivity index (χ0n) is 16.8. The smallest absolute Gasteiger partial charge is 0.191 e. The lowest BCUT2D eigenvalue weighted by atomic mass is 9.83. The van der Waals surface area contributed by atoms with Crippen LogP contribution in [0.25, 0.3) is 0 Å². The number of aliphatic imine (C=N–C) groups is 1. The molecule has 5 nitrogen and oxygen atoms in total. The highest BCUT2D eigenvalue weighted by atomic mass is 127. The van der Waals surface area contributed by atoms with E-state index in [1.54, 1.807) is 0 Å². The van der Waals surface area contributed by atoms with Crippen LogP contribution in [0.5, 0.6) is 0 Å². The van der Waals surface area contributed by atoms with Gasteiger partial charge in [-0.3, -0.25) is 4.99 Å². The number of guanidine groups is 1. The summed E-state index contributed by atoms with van der Waals surface area (Å²) in [6, 6.07) is 8.65.